The van der Waals surface area contributed by atoms with Crippen molar-refractivity contribution in [1.29, 1.82) is 0 Å². The van der Waals surface area contributed by atoms with E-state index >= 15 is 4.39 Å². The van der Waals surface area contributed by atoms with Gasteiger partial charge in [-0.15, -0.1) is 0 Å². The van der Waals surface area contributed by atoms with E-state index in [0.29, 0.717) is 6.61 Å². The predicted octanol–water partition coefficient (Wildman–Crippen LogP) is 1.44. The average molecular weight is 410 g/mol. The Morgan fingerprint density at radius 1 is 1.58 bits per heavy atom. The third-order valence-corrected chi connectivity index (χ3v) is 4.74. The van der Waals surface area contributed by atoms with E-state index in [1.807, 2.05) is 0 Å². The van der Waals surface area contributed by atoms with Gasteiger partial charge < -0.3 is 24.8 Å². The Balaban J connectivity index is 1.99. The van der Waals surface area contributed by atoms with E-state index in [9.17, 15) is 9.67 Å². The molecule has 144 valence electrons. The number of aliphatic hydroxyl groups excluding tert-OH is 1. The number of halogens is 2. The maximum Gasteiger partial charge on any atom is 0.278 e. The van der Waals surface area contributed by atoms with Gasteiger partial charge in [-0.05, 0) is 25.1 Å². The summed E-state index contributed by atoms with van der Waals surface area (Å²) in [6.45, 7) is 2.94. The fourth-order valence-electron chi connectivity index (χ4n) is 2.81. The number of nitrogens with zero attached hydrogens (tertiary/aromatic N) is 4. The summed E-state index contributed by atoms with van der Waals surface area (Å²) in [6.07, 6.45) is -2.61. The van der Waals surface area contributed by atoms with E-state index in [1.165, 1.54) is 17.8 Å². The Morgan fingerprint density at radius 3 is 2.96 bits per heavy atom. The molecule has 13 heteroatoms. The number of hydrogen-bond acceptors (Lipinski definition) is 9. The molecule has 26 heavy (non-hydrogen) atoms. The smallest absolute Gasteiger partial charge is 0.278 e. The summed E-state index contributed by atoms with van der Waals surface area (Å²) >= 11 is 5.29. The van der Waals surface area contributed by atoms with Crippen LogP contribution < -0.4 is 10.5 Å². The largest absolute Gasteiger partial charge is 0.476 e. The number of ether oxygens (including phenoxy) is 2. The molecule has 3 rings (SSSR count). The Bertz CT molecular complexity index is 837. The highest BCUT2D eigenvalue weighted by Gasteiger charge is 2.55. The number of fused-ring (bicyclic) bond motifs is 1. The fourth-order valence-corrected chi connectivity index (χ4v) is 3.30. The van der Waals surface area contributed by atoms with Gasteiger partial charge in [-0.3, -0.25) is 9.13 Å². The summed E-state index contributed by atoms with van der Waals surface area (Å²) in [6, 6.07) is 0. The van der Waals surface area contributed by atoms with Gasteiger partial charge >= 0.3 is 0 Å². The number of aliphatic hydroxyl groups is 1. The van der Waals surface area contributed by atoms with Gasteiger partial charge in [0.25, 0.3) is 7.38 Å². The number of nitrogens with two attached hydrogens (primary N) is 1. The number of imidazole rings is 1. The molecule has 3 N–H and O–H groups in total. The minimum absolute atomic E-state index is 0.0811. The predicted molar refractivity (Wildman–Crippen MR) is 91.1 cm³/mol. The van der Waals surface area contributed by atoms with E-state index in [-0.39, 0.29) is 29.6 Å². The summed E-state index contributed by atoms with van der Waals surface area (Å²) in [7, 11) is -2.77. The summed E-state index contributed by atoms with van der Waals surface area (Å²) in [5.41, 5.74) is 3.95. The molecule has 0 amide bonds. The van der Waals surface area contributed by atoms with Crippen molar-refractivity contribution in [2.45, 2.75) is 38.0 Å². The van der Waals surface area contributed by atoms with Crippen molar-refractivity contribution in [1.82, 2.24) is 19.5 Å². The van der Waals surface area contributed by atoms with Crippen molar-refractivity contribution >= 4 is 35.7 Å². The zero-order valence-corrected chi connectivity index (χ0v) is 15.7. The Morgan fingerprint density at radius 2 is 2.31 bits per heavy atom. The van der Waals surface area contributed by atoms with Crippen LogP contribution in [0.3, 0.4) is 0 Å². The molecular formula is C13H18ClFN5O5P. The molecule has 0 spiro atoms. The third kappa shape index (κ3) is 3.37. The molecule has 0 bridgehead atoms. The molecule has 1 aliphatic rings. The molecule has 1 fully saturated rings. The van der Waals surface area contributed by atoms with Crippen LogP contribution in [0.1, 0.15) is 20.1 Å². The number of hydrogen-bond donors (Lipinski definition) is 2. The maximum absolute atomic E-state index is 15.2. The van der Waals surface area contributed by atoms with Crippen molar-refractivity contribution < 1.29 is 28.1 Å². The minimum Gasteiger partial charge on any atom is -0.476 e. The first-order valence-electron chi connectivity index (χ1n) is 7.73. The molecule has 2 aromatic heterocycles. The van der Waals surface area contributed by atoms with Crippen LogP contribution in [-0.2, 0) is 13.8 Å². The molecule has 2 aromatic rings. The molecular weight excluding hydrogens is 392 g/mol. The standard InChI is InChI=1S/C13H18ClFN5O5P/c1-3-23-10-7-9(18-12(16)19-10)20(5-17-7)11-13(2,15)8(21)6(25-11)4-24-26(14)22/h5-6,8,11,21,26H,3-4H2,1-2H3,(H2,16,18,19)/t6-,8-,11-,13-/m1/s1. The van der Waals surface area contributed by atoms with Crippen LogP contribution in [0, 0.1) is 0 Å². The topological polar surface area (TPSA) is 135 Å². The highest BCUT2D eigenvalue weighted by molar-refractivity contribution is 7.69. The highest BCUT2D eigenvalue weighted by Crippen LogP contribution is 2.43. The summed E-state index contributed by atoms with van der Waals surface area (Å²) in [4.78, 5) is 12.2. The van der Waals surface area contributed by atoms with Gasteiger partial charge in [-0.25, -0.2) is 9.37 Å². The van der Waals surface area contributed by atoms with Gasteiger partial charge in [0, 0.05) is 0 Å². The molecule has 3 heterocycles. The number of aromatic nitrogens is 4. The van der Waals surface area contributed by atoms with Gasteiger partial charge in [-0.2, -0.15) is 9.97 Å². The van der Waals surface area contributed by atoms with Crippen LogP contribution in [0.25, 0.3) is 11.2 Å². The van der Waals surface area contributed by atoms with E-state index < -0.39 is 31.5 Å². The monoisotopic (exact) mass is 409 g/mol. The fraction of sp³-hybridized carbons (Fsp3) is 0.615. The molecule has 0 aliphatic carbocycles. The molecule has 10 nitrogen and oxygen atoms in total. The number of anilines is 1. The molecule has 1 saturated heterocycles. The van der Waals surface area contributed by atoms with E-state index in [1.54, 1.807) is 6.92 Å². The molecule has 5 atom stereocenters. The number of nitrogen functional groups attached to an aromatic ring is 1. The highest BCUT2D eigenvalue weighted by atomic mass is 35.7. The third-order valence-electron chi connectivity index (χ3n) is 4.02. The lowest BCUT2D eigenvalue weighted by Crippen LogP contribution is -2.40. The van der Waals surface area contributed by atoms with E-state index in [0.717, 1.165) is 0 Å². The lowest BCUT2D eigenvalue weighted by molar-refractivity contribution is -0.0531. The second-order valence-electron chi connectivity index (χ2n) is 5.82. The van der Waals surface area contributed by atoms with Crippen LogP contribution in [-0.4, -0.2) is 55.7 Å². The van der Waals surface area contributed by atoms with Crippen LogP contribution >= 0.6 is 18.6 Å². The van der Waals surface area contributed by atoms with Crippen LogP contribution in [0.4, 0.5) is 10.3 Å². The van der Waals surface area contributed by atoms with Gasteiger partial charge in [0.05, 0.1) is 19.5 Å². The number of alkyl halides is 1. The summed E-state index contributed by atoms with van der Waals surface area (Å²) in [5, 5.41) is 10.2. The van der Waals surface area contributed by atoms with Crippen LogP contribution in [0.15, 0.2) is 6.33 Å². The van der Waals surface area contributed by atoms with Gasteiger partial charge in [0.2, 0.25) is 11.8 Å². The lowest BCUT2D eigenvalue weighted by atomic mass is 9.98. The van der Waals surface area contributed by atoms with Crippen molar-refractivity contribution in [2.24, 2.45) is 0 Å². The maximum atomic E-state index is 15.2. The normalized spacial score (nSPS) is 30.0. The van der Waals surface area contributed by atoms with Crippen molar-refractivity contribution in [3.05, 3.63) is 6.33 Å². The quantitative estimate of drug-likeness (QED) is 0.679. The second kappa shape index (κ2) is 7.24. The molecule has 0 radical (unpaired) electrons. The Labute approximate surface area is 153 Å². The molecule has 0 saturated carbocycles. The van der Waals surface area contributed by atoms with E-state index in [2.05, 4.69) is 15.0 Å². The van der Waals surface area contributed by atoms with Gasteiger partial charge in [-0.1, -0.05) is 0 Å². The number of rotatable bonds is 6. The first-order chi connectivity index (χ1) is 12.3. The zero-order valence-electron chi connectivity index (χ0n) is 13.9. The van der Waals surface area contributed by atoms with Crippen molar-refractivity contribution in [3.63, 3.8) is 0 Å². The summed E-state index contributed by atoms with van der Waals surface area (Å²) < 4.78 is 43.2. The molecule has 1 aliphatic heterocycles. The zero-order chi connectivity index (χ0) is 19.1. The van der Waals surface area contributed by atoms with Crippen molar-refractivity contribution in [3.8, 4) is 5.88 Å². The Hall–Kier alpha value is -1.52. The first kappa shape index (κ1) is 19.2. The minimum atomic E-state index is -2.77. The summed E-state index contributed by atoms with van der Waals surface area (Å²) in [5.74, 6) is 0.0795. The van der Waals surface area contributed by atoms with Gasteiger partial charge in [0.15, 0.2) is 23.1 Å². The molecule has 0 aromatic carbocycles. The second-order valence-corrected chi connectivity index (χ2v) is 7.51. The van der Waals surface area contributed by atoms with Crippen LogP contribution in [0.2, 0.25) is 0 Å². The Kier molecular flexibility index (Phi) is 5.36. The van der Waals surface area contributed by atoms with Crippen LogP contribution in [0.5, 0.6) is 5.88 Å². The first-order valence-corrected chi connectivity index (χ1v) is 10.1. The van der Waals surface area contributed by atoms with Crippen molar-refractivity contribution in [2.75, 3.05) is 18.9 Å². The van der Waals surface area contributed by atoms with Gasteiger partial charge in [0.1, 0.15) is 12.2 Å². The SMILES string of the molecule is CCOc1nc(N)nc2c1ncn2[C@@H]1O[C@H](CO[PH](=O)Cl)[C@@H](O)[C@@]1(C)F. The van der Waals surface area contributed by atoms with E-state index in [4.69, 9.17) is 31.0 Å². The molecule has 1 unspecified atom stereocenters. The average Bonchev–Trinajstić information content (AvgIpc) is 3.06. The lowest BCUT2D eigenvalue weighted by Gasteiger charge is -2.24.